The second-order valence-corrected chi connectivity index (χ2v) is 5.57. The number of hydrogen-bond donors (Lipinski definition) is 0. The molecule has 4 heteroatoms. The molecular weight excluding hydrogens is 276 g/mol. The number of benzene rings is 1. The average molecular weight is 292 g/mol. The summed E-state index contributed by atoms with van der Waals surface area (Å²) >= 11 is 0. The van der Waals surface area contributed by atoms with E-state index in [1.807, 2.05) is 35.2 Å². The van der Waals surface area contributed by atoms with Crippen molar-refractivity contribution < 1.29 is 9.53 Å². The molecule has 0 unspecified atom stereocenters. The Morgan fingerprint density at radius 3 is 2.64 bits per heavy atom. The van der Waals surface area contributed by atoms with Crippen LogP contribution in [0, 0.1) is 0 Å². The fourth-order valence-electron chi connectivity index (χ4n) is 3.18. The Morgan fingerprint density at radius 2 is 1.82 bits per heavy atom. The molecule has 0 spiro atoms. The summed E-state index contributed by atoms with van der Waals surface area (Å²) in [5, 5.41) is 0. The second-order valence-electron chi connectivity index (χ2n) is 5.57. The number of rotatable bonds is 1. The number of amides is 1. The summed E-state index contributed by atoms with van der Waals surface area (Å²) in [6, 6.07) is 11.9. The Kier molecular flexibility index (Phi) is 3.15. The number of pyridine rings is 1. The summed E-state index contributed by atoms with van der Waals surface area (Å²) in [4.78, 5) is 17.3. The highest BCUT2D eigenvalue weighted by Gasteiger charge is 2.26. The molecule has 4 rings (SSSR count). The molecule has 0 bridgehead atoms. The van der Waals surface area contributed by atoms with E-state index in [2.05, 4.69) is 11.1 Å². The van der Waals surface area contributed by atoms with Gasteiger partial charge >= 0.3 is 0 Å². The zero-order valence-corrected chi connectivity index (χ0v) is 12.2. The van der Waals surface area contributed by atoms with Gasteiger partial charge in [0.25, 0.3) is 0 Å². The van der Waals surface area contributed by atoms with Crippen molar-refractivity contribution in [3.8, 4) is 11.5 Å². The fraction of sp³-hybridized carbons (Fsp3) is 0.222. The van der Waals surface area contributed by atoms with Gasteiger partial charge < -0.3 is 9.64 Å². The van der Waals surface area contributed by atoms with E-state index in [4.69, 9.17) is 4.74 Å². The highest BCUT2D eigenvalue weighted by atomic mass is 16.5. The van der Waals surface area contributed by atoms with Crippen LogP contribution in [0.2, 0.25) is 0 Å². The van der Waals surface area contributed by atoms with E-state index in [9.17, 15) is 4.79 Å². The first-order chi connectivity index (χ1) is 10.9. The van der Waals surface area contributed by atoms with Crippen LogP contribution >= 0.6 is 0 Å². The molecule has 110 valence electrons. The standard InChI is InChI=1S/C18H16N2O2/c21-12-20-10-7-13(8-11-20)17-14-4-1-2-5-15(14)22-16-6-3-9-19-18(16)17/h1-6,9,12H,7-8,10-11H2. The summed E-state index contributed by atoms with van der Waals surface area (Å²) in [5.74, 6) is 1.69. The Balaban J connectivity index is 1.86. The smallest absolute Gasteiger partial charge is 0.209 e. The monoisotopic (exact) mass is 292 g/mol. The summed E-state index contributed by atoms with van der Waals surface area (Å²) in [5.41, 5.74) is 4.55. The van der Waals surface area contributed by atoms with Crippen LogP contribution in [0.4, 0.5) is 0 Å². The molecule has 1 fully saturated rings. The maximum absolute atomic E-state index is 10.9. The predicted octanol–water partition coefficient (Wildman–Crippen LogP) is 3.24. The lowest BCUT2D eigenvalue weighted by molar-refractivity contribution is -0.118. The van der Waals surface area contributed by atoms with Crippen LogP contribution < -0.4 is 4.74 Å². The normalized spacial score (nSPS) is 16.6. The van der Waals surface area contributed by atoms with Gasteiger partial charge in [0.2, 0.25) is 6.41 Å². The van der Waals surface area contributed by atoms with E-state index < -0.39 is 0 Å². The Hall–Kier alpha value is -2.62. The van der Waals surface area contributed by atoms with E-state index in [-0.39, 0.29) is 0 Å². The zero-order chi connectivity index (χ0) is 14.9. The number of hydrogen-bond acceptors (Lipinski definition) is 3. The van der Waals surface area contributed by atoms with Crippen molar-refractivity contribution in [2.75, 3.05) is 13.1 Å². The maximum Gasteiger partial charge on any atom is 0.209 e. The van der Waals surface area contributed by atoms with Crippen LogP contribution in [0.5, 0.6) is 11.5 Å². The molecular formula is C18H16N2O2. The van der Waals surface area contributed by atoms with Gasteiger partial charge in [0, 0.05) is 30.4 Å². The molecule has 0 N–H and O–H groups in total. The minimum atomic E-state index is 0.771. The summed E-state index contributed by atoms with van der Waals surface area (Å²) < 4.78 is 5.98. The largest absolute Gasteiger partial charge is 0.454 e. The van der Waals surface area contributed by atoms with Crippen molar-refractivity contribution in [3.63, 3.8) is 0 Å². The van der Waals surface area contributed by atoms with Gasteiger partial charge in [0.15, 0.2) is 5.75 Å². The Bertz CT molecular complexity index is 710. The topological polar surface area (TPSA) is 42.4 Å². The van der Waals surface area contributed by atoms with E-state index >= 15 is 0 Å². The quantitative estimate of drug-likeness (QED) is 0.647. The molecule has 0 atom stereocenters. The van der Waals surface area contributed by atoms with Crippen LogP contribution in [-0.4, -0.2) is 29.4 Å². The van der Waals surface area contributed by atoms with Crippen molar-refractivity contribution in [3.05, 3.63) is 59.4 Å². The number of piperidine rings is 1. The van der Waals surface area contributed by atoms with Crippen LogP contribution in [-0.2, 0) is 4.79 Å². The molecule has 4 nitrogen and oxygen atoms in total. The Morgan fingerprint density at radius 1 is 1.05 bits per heavy atom. The zero-order valence-electron chi connectivity index (χ0n) is 12.2. The summed E-state index contributed by atoms with van der Waals surface area (Å²) in [6.45, 7) is 1.54. The number of carbonyl (C=O) groups excluding carboxylic acids is 1. The molecule has 1 aromatic carbocycles. The minimum absolute atomic E-state index is 0.771. The number of fused-ring (bicyclic) bond motifs is 2. The third-order valence-electron chi connectivity index (χ3n) is 4.29. The highest BCUT2D eigenvalue weighted by Crippen LogP contribution is 2.45. The maximum atomic E-state index is 10.9. The van der Waals surface area contributed by atoms with Gasteiger partial charge in [-0.3, -0.25) is 9.78 Å². The van der Waals surface area contributed by atoms with Crippen molar-refractivity contribution in [1.29, 1.82) is 0 Å². The second kappa shape index (κ2) is 5.30. The summed E-state index contributed by atoms with van der Waals surface area (Å²) in [6.07, 6.45) is 4.51. The third kappa shape index (κ3) is 2.08. The number of ether oxygens (including phenoxy) is 1. The van der Waals surface area contributed by atoms with Gasteiger partial charge in [-0.25, -0.2) is 0 Å². The van der Waals surface area contributed by atoms with Crippen molar-refractivity contribution in [1.82, 2.24) is 9.88 Å². The van der Waals surface area contributed by atoms with Crippen LogP contribution in [0.1, 0.15) is 24.1 Å². The Labute approximate surface area is 129 Å². The molecule has 2 aromatic rings. The van der Waals surface area contributed by atoms with Gasteiger partial charge in [-0.15, -0.1) is 0 Å². The molecule has 1 aromatic heterocycles. The molecule has 1 saturated heterocycles. The van der Waals surface area contributed by atoms with E-state index in [1.165, 1.54) is 11.1 Å². The SMILES string of the molecule is O=CN1CCC(=C2c3ccccc3Oc3cccnc32)CC1. The molecule has 2 aliphatic rings. The number of aromatic nitrogens is 1. The summed E-state index contributed by atoms with van der Waals surface area (Å²) in [7, 11) is 0. The van der Waals surface area contributed by atoms with E-state index in [0.29, 0.717) is 0 Å². The molecule has 3 heterocycles. The minimum Gasteiger partial charge on any atom is -0.454 e. The van der Waals surface area contributed by atoms with Crippen molar-refractivity contribution in [2.24, 2.45) is 0 Å². The highest BCUT2D eigenvalue weighted by molar-refractivity contribution is 5.88. The van der Waals surface area contributed by atoms with E-state index in [1.54, 1.807) is 6.20 Å². The lowest BCUT2D eigenvalue weighted by Gasteiger charge is -2.29. The first kappa shape index (κ1) is 13.1. The van der Waals surface area contributed by atoms with Crippen LogP contribution in [0.3, 0.4) is 0 Å². The predicted molar refractivity (Wildman–Crippen MR) is 83.6 cm³/mol. The fourth-order valence-corrected chi connectivity index (χ4v) is 3.18. The van der Waals surface area contributed by atoms with Crippen molar-refractivity contribution in [2.45, 2.75) is 12.8 Å². The number of para-hydroxylation sites is 1. The third-order valence-corrected chi connectivity index (χ3v) is 4.29. The lowest BCUT2D eigenvalue weighted by atomic mass is 9.89. The van der Waals surface area contributed by atoms with Gasteiger partial charge in [-0.1, -0.05) is 23.8 Å². The molecule has 22 heavy (non-hydrogen) atoms. The molecule has 0 radical (unpaired) electrons. The van der Waals surface area contributed by atoms with Crippen LogP contribution in [0.15, 0.2) is 48.2 Å². The van der Waals surface area contributed by atoms with Gasteiger partial charge in [-0.2, -0.15) is 0 Å². The average Bonchev–Trinajstić information content (AvgIpc) is 2.60. The molecule has 0 saturated carbocycles. The number of nitrogens with zero attached hydrogens (tertiary/aromatic N) is 2. The molecule has 0 aliphatic carbocycles. The number of likely N-dealkylation sites (tertiary alicyclic amines) is 1. The van der Waals surface area contributed by atoms with Gasteiger partial charge in [0.05, 0.1) is 0 Å². The first-order valence-corrected chi connectivity index (χ1v) is 7.51. The molecule has 2 aliphatic heterocycles. The number of carbonyl (C=O) groups is 1. The van der Waals surface area contributed by atoms with Gasteiger partial charge in [-0.05, 0) is 31.0 Å². The molecule has 1 amide bonds. The van der Waals surface area contributed by atoms with Gasteiger partial charge in [0.1, 0.15) is 11.4 Å². The van der Waals surface area contributed by atoms with Crippen molar-refractivity contribution >= 4 is 12.0 Å². The lowest BCUT2D eigenvalue weighted by Crippen LogP contribution is -2.29. The van der Waals surface area contributed by atoms with E-state index in [0.717, 1.165) is 55.1 Å². The first-order valence-electron chi connectivity index (χ1n) is 7.51. The van der Waals surface area contributed by atoms with Crippen LogP contribution in [0.25, 0.3) is 5.57 Å².